The van der Waals surface area contributed by atoms with Crippen LogP contribution in [0.5, 0.6) is 11.5 Å². The lowest BCUT2D eigenvalue weighted by atomic mass is 9.93. The molecule has 116 valence electrons. The highest BCUT2D eigenvalue weighted by atomic mass is 79.9. The van der Waals surface area contributed by atoms with Gasteiger partial charge in [0.15, 0.2) is 11.5 Å². The Morgan fingerprint density at radius 3 is 2.68 bits per heavy atom. The molecule has 0 radical (unpaired) electrons. The van der Waals surface area contributed by atoms with E-state index in [1.807, 2.05) is 19.9 Å². The molecule has 6 nitrogen and oxygen atoms in total. The summed E-state index contributed by atoms with van der Waals surface area (Å²) in [4.78, 5) is 11.0. The van der Waals surface area contributed by atoms with E-state index in [4.69, 9.17) is 19.1 Å². The number of nitrogens with zero attached hydrogens (tertiary/aromatic N) is 1. The van der Waals surface area contributed by atoms with Crippen LogP contribution in [0.3, 0.4) is 0 Å². The molecule has 0 spiro atoms. The first-order valence-electron chi connectivity index (χ1n) is 6.81. The van der Waals surface area contributed by atoms with Crippen molar-refractivity contribution in [3.8, 4) is 22.8 Å². The second-order valence-electron chi connectivity index (χ2n) is 5.21. The quantitative estimate of drug-likeness (QED) is 0.890. The molecule has 1 N–H and O–H groups in total. The smallest absolute Gasteiger partial charge is 0.374 e. The molecule has 0 aliphatic carbocycles. The maximum absolute atomic E-state index is 11.0. The van der Waals surface area contributed by atoms with Crippen molar-refractivity contribution in [3.63, 3.8) is 0 Å². The maximum Gasteiger partial charge on any atom is 0.374 e. The van der Waals surface area contributed by atoms with Gasteiger partial charge in [-0.2, -0.15) is 0 Å². The highest BCUT2D eigenvalue weighted by Crippen LogP contribution is 2.47. The largest absolute Gasteiger partial charge is 0.486 e. The average molecular weight is 368 g/mol. The number of rotatable bonds is 3. The summed E-state index contributed by atoms with van der Waals surface area (Å²) in [5.74, 6) is 0.129. The molecule has 0 bridgehead atoms. The number of ether oxygens (including phenoxy) is 2. The highest BCUT2D eigenvalue weighted by molar-refractivity contribution is 9.10. The molecule has 2 heterocycles. The van der Waals surface area contributed by atoms with Gasteiger partial charge in [-0.3, -0.25) is 0 Å². The third-order valence-corrected chi connectivity index (χ3v) is 4.00. The lowest BCUT2D eigenvalue weighted by Crippen LogP contribution is -2.17. The van der Waals surface area contributed by atoms with Gasteiger partial charge in [0, 0.05) is 21.7 Å². The molecular weight excluding hydrogens is 354 g/mol. The van der Waals surface area contributed by atoms with Crippen molar-refractivity contribution >= 4 is 21.9 Å². The van der Waals surface area contributed by atoms with Gasteiger partial charge >= 0.3 is 5.97 Å². The number of aromatic nitrogens is 1. The zero-order valence-corrected chi connectivity index (χ0v) is 13.6. The molecule has 0 fully saturated rings. The van der Waals surface area contributed by atoms with E-state index in [1.165, 1.54) is 6.07 Å². The molecule has 3 rings (SSSR count). The molecule has 22 heavy (non-hydrogen) atoms. The van der Waals surface area contributed by atoms with Crippen molar-refractivity contribution in [2.45, 2.75) is 19.8 Å². The molecule has 0 saturated heterocycles. The average Bonchev–Trinajstić information content (AvgIpc) is 2.95. The van der Waals surface area contributed by atoms with E-state index in [-0.39, 0.29) is 11.7 Å². The molecule has 1 aliphatic heterocycles. The fourth-order valence-electron chi connectivity index (χ4n) is 2.48. The van der Waals surface area contributed by atoms with Gasteiger partial charge < -0.3 is 19.1 Å². The molecule has 1 aromatic carbocycles. The molecule has 0 amide bonds. The number of aromatic carboxylic acids is 1. The van der Waals surface area contributed by atoms with Crippen LogP contribution < -0.4 is 9.47 Å². The predicted octanol–water partition coefficient (Wildman–Crippen LogP) is 3.70. The first kappa shape index (κ1) is 14.9. The SMILES string of the molecule is CC(C)c1c2c(cc(Br)c1-c1cc(C(=O)O)on1)OCCO2. The van der Waals surface area contributed by atoms with Crippen LogP contribution in [0.2, 0.25) is 0 Å². The minimum absolute atomic E-state index is 0.132. The Hall–Kier alpha value is -2.02. The Labute approximate surface area is 135 Å². The summed E-state index contributed by atoms with van der Waals surface area (Å²) in [6.07, 6.45) is 0. The Kier molecular flexibility index (Phi) is 3.82. The van der Waals surface area contributed by atoms with Crippen LogP contribution in [0.15, 0.2) is 21.1 Å². The first-order valence-corrected chi connectivity index (χ1v) is 7.60. The standard InChI is InChI=1S/C15H14BrNO5/c1-7(2)12-13(9-6-11(15(18)19)22-17-9)8(16)5-10-14(12)21-4-3-20-10/h5-7H,3-4H2,1-2H3,(H,18,19). The predicted molar refractivity (Wildman–Crippen MR) is 81.7 cm³/mol. The Balaban J connectivity index is 2.23. The first-order chi connectivity index (χ1) is 10.5. The normalized spacial score (nSPS) is 13.5. The summed E-state index contributed by atoms with van der Waals surface area (Å²) in [5.41, 5.74) is 2.12. The van der Waals surface area contributed by atoms with Gasteiger partial charge in [-0.1, -0.05) is 19.0 Å². The van der Waals surface area contributed by atoms with Gasteiger partial charge in [0.1, 0.15) is 18.9 Å². The molecule has 7 heteroatoms. The van der Waals surface area contributed by atoms with E-state index in [2.05, 4.69) is 21.1 Å². The maximum atomic E-state index is 11.0. The minimum atomic E-state index is -1.15. The highest BCUT2D eigenvalue weighted by Gasteiger charge is 2.27. The summed E-state index contributed by atoms with van der Waals surface area (Å²) in [5, 5.41) is 12.9. The van der Waals surface area contributed by atoms with E-state index in [1.54, 1.807) is 0 Å². The van der Waals surface area contributed by atoms with Crippen molar-refractivity contribution in [1.29, 1.82) is 0 Å². The van der Waals surface area contributed by atoms with Crippen LogP contribution in [0.25, 0.3) is 11.3 Å². The Morgan fingerprint density at radius 2 is 2.05 bits per heavy atom. The van der Waals surface area contributed by atoms with Gasteiger partial charge in [0.05, 0.1) is 0 Å². The molecule has 0 atom stereocenters. The molecule has 1 aliphatic rings. The number of hydrogen-bond acceptors (Lipinski definition) is 5. The summed E-state index contributed by atoms with van der Waals surface area (Å²) in [7, 11) is 0. The zero-order chi connectivity index (χ0) is 15.9. The molecular formula is C15H14BrNO5. The van der Waals surface area contributed by atoms with Gasteiger partial charge in [0.2, 0.25) is 5.76 Å². The van der Waals surface area contributed by atoms with Crippen molar-refractivity contribution in [3.05, 3.63) is 27.9 Å². The number of halogens is 1. The van der Waals surface area contributed by atoms with E-state index in [0.717, 1.165) is 15.6 Å². The van der Waals surface area contributed by atoms with Crippen LogP contribution >= 0.6 is 15.9 Å². The van der Waals surface area contributed by atoms with E-state index in [0.29, 0.717) is 30.4 Å². The van der Waals surface area contributed by atoms with Gasteiger partial charge in [-0.05, 0) is 27.9 Å². The van der Waals surface area contributed by atoms with Crippen molar-refractivity contribution in [2.75, 3.05) is 13.2 Å². The van der Waals surface area contributed by atoms with E-state index >= 15 is 0 Å². The summed E-state index contributed by atoms with van der Waals surface area (Å²) in [6, 6.07) is 3.22. The van der Waals surface area contributed by atoms with E-state index in [9.17, 15) is 4.79 Å². The second kappa shape index (κ2) is 5.64. The van der Waals surface area contributed by atoms with Gasteiger partial charge in [-0.15, -0.1) is 0 Å². The second-order valence-corrected chi connectivity index (χ2v) is 6.06. The summed E-state index contributed by atoms with van der Waals surface area (Å²) >= 11 is 3.51. The number of carboxylic acids is 1. The summed E-state index contributed by atoms with van der Waals surface area (Å²) in [6.45, 7) is 5.04. The third-order valence-electron chi connectivity index (χ3n) is 3.38. The van der Waals surface area contributed by atoms with Crippen LogP contribution in [0.1, 0.15) is 35.9 Å². The molecule has 1 aromatic heterocycles. The van der Waals surface area contributed by atoms with Crippen LogP contribution in [-0.4, -0.2) is 29.4 Å². The number of benzene rings is 1. The van der Waals surface area contributed by atoms with Crippen molar-refractivity contribution in [1.82, 2.24) is 5.16 Å². The van der Waals surface area contributed by atoms with Crippen molar-refractivity contribution < 1.29 is 23.9 Å². The topological polar surface area (TPSA) is 81.8 Å². The Morgan fingerprint density at radius 1 is 1.32 bits per heavy atom. The Bertz CT molecular complexity index is 738. The van der Waals surface area contributed by atoms with Crippen LogP contribution in [0.4, 0.5) is 0 Å². The van der Waals surface area contributed by atoms with Crippen LogP contribution in [-0.2, 0) is 0 Å². The number of carbonyl (C=O) groups is 1. The van der Waals surface area contributed by atoms with Gasteiger partial charge in [-0.25, -0.2) is 4.79 Å². The zero-order valence-electron chi connectivity index (χ0n) is 12.1. The monoisotopic (exact) mass is 367 g/mol. The minimum Gasteiger partial charge on any atom is -0.486 e. The van der Waals surface area contributed by atoms with Crippen molar-refractivity contribution in [2.24, 2.45) is 0 Å². The third kappa shape index (κ3) is 2.45. The molecule has 0 unspecified atom stereocenters. The fraction of sp³-hybridized carbons (Fsp3) is 0.333. The van der Waals surface area contributed by atoms with E-state index < -0.39 is 5.97 Å². The number of carboxylic acid groups (broad SMARTS) is 1. The molecule has 0 saturated carbocycles. The van der Waals surface area contributed by atoms with Gasteiger partial charge in [0.25, 0.3) is 0 Å². The number of hydrogen-bond donors (Lipinski definition) is 1. The lowest BCUT2D eigenvalue weighted by Gasteiger charge is -2.25. The number of fused-ring (bicyclic) bond motifs is 1. The fourth-order valence-corrected chi connectivity index (χ4v) is 3.11. The van der Waals surface area contributed by atoms with Crippen LogP contribution in [0, 0.1) is 0 Å². The summed E-state index contributed by atoms with van der Waals surface area (Å²) < 4.78 is 17.0. The molecule has 2 aromatic rings. The lowest BCUT2D eigenvalue weighted by molar-refractivity contribution is 0.0652.